The minimum Gasteiger partial charge on any atom is -0.341 e. The molecule has 2 nitrogen and oxygen atoms in total. The highest BCUT2D eigenvalue weighted by Gasteiger charge is 2.19. The fraction of sp³-hybridized carbons (Fsp3) is 0.235. The Hall–Kier alpha value is -2.09. The summed E-state index contributed by atoms with van der Waals surface area (Å²) in [4.78, 5) is 13.3. The van der Waals surface area contributed by atoms with Gasteiger partial charge in [-0.25, -0.2) is 0 Å². The van der Waals surface area contributed by atoms with Gasteiger partial charge in [0.15, 0.2) is 0 Å². The van der Waals surface area contributed by atoms with Crippen LogP contribution < -0.4 is 4.90 Å². The van der Waals surface area contributed by atoms with Gasteiger partial charge in [0, 0.05) is 23.5 Å². The first kappa shape index (κ1) is 12.0. The number of nitrogens with zero attached hydrogens (tertiary/aromatic N) is 1. The van der Waals surface area contributed by atoms with E-state index in [1.54, 1.807) is 0 Å². The van der Waals surface area contributed by atoms with Crippen molar-refractivity contribution in [1.29, 1.82) is 0 Å². The van der Waals surface area contributed by atoms with Crippen LogP contribution in [0.15, 0.2) is 42.5 Å². The SMILES string of the molecule is CCN1c2ccccc2CCc2cc(C=O)ccc21. The minimum atomic E-state index is 0.765. The Bertz CT molecular complexity index is 618. The van der Waals surface area contributed by atoms with Crippen LogP contribution in [0.2, 0.25) is 0 Å². The molecule has 0 bridgehead atoms. The Labute approximate surface area is 113 Å². The summed E-state index contributed by atoms with van der Waals surface area (Å²) in [6, 6.07) is 14.6. The van der Waals surface area contributed by atoms with Gasteiger partial charge in [0.25, 0.3) is 0 Å². The first-order valence-electron chi connectivity index (χ1n) is 6.77. The molecule has 1 aliphatic heterocycles. The van der Waals surface area contributed by atoms with Gasteiger partial charge in [-0.2, -0.15) is 0 Å². The predicted octanol–water partition coefficient (Wildman–Crippen LogP) is 3.76. The van der Waals surface area contributed by atoms with Gasteiger partial charge in [0.05, 0.1) is 0 Å². The summed E-state index contributed by atoms with van der Waals surface area (Å²) in [5.41, 5.74) is 5.94. The lowest BCUT2D eigenvalue weighted by Crippen LogP contribution is -2.17. The maximum atomic E-state index is 10.9. The Morgan fingerprint density at radius 2 is 1.79 bits per heavy atom. The number of rotatable bonds is 2. The number of aldehydes is 1. The molecule has 0 aromatic heterocycles. The first-order valence-corrected chi connectivity index (χ1v) is 6.77. The number of benzene rings is 2. The van der Waals surface area contributed by atoms with E-state index in [2.05, 4.69) is 42.2 Å². The molecule has 2 heteroatoms. The highest BCUT2D eigenvalue weighted by molar-refractivity contribution is 5.79. The zero-order valence-corrected chi connectivity index (χ0v) is 11.1. The number of aryl methyl sites for hydroxylation is 2. The molecule has 0 radical (unpaired) electrons. The van der Waals surface area contributed by atoms with Crippen LogP contribution in [-0.4, -0.2) is 12.8 Å². The van der Waals surface area contributed by atoms with E-state index in [0.717, 1.165) is 31.2 Å². The van der Waals surface area contributed by atoms with Gasteiger partial charge >= 0.3 is 0 Å². The van der Waals surface area contributed by atoms with Gasteiger partial charge in [-0.1, -0.05) is 18.2 Å². The second kappa shape index (κ2) is 4.88. The third kappa shape index (κ3) is 2.03. The van der Waals surface area contributed by atoms with Crippen molar-refractivity contribution < 1.29 is 4.79 Å². The molecule has 0 aliphatic carbocycles. The molecular weight excluding hydrogens is 234 g/mol. The standard InChI is InChI=1S/C17H17NO/c1-2-18-16-6-4-3-5-14(16)8-9-15-11-13(12-19)7-10-17(15)18/h3-7,10-12H,2,8-9H2,1H3. The second-order valence-corrected chi connectivity index (χ2v) is 4.88. The average molecular weight is 251 g/mol. The largest absolute Gasteiger partial charge is 0.341 e. The van der Waals surface area contributed by atoms with E-state index < -0.39 is 0 Å². The van der Waals surface area contributed by atoms with Gasteiger partial charge in [-0.15, -0.1) is 0 Å². The minimum absolute atomic E-state index is 0.765. The summed E-state index contributed by atoms with van der Waals surface area (Å²) in [5, 5.41) is 0. The van der Waals surface area contributed by atoms with Gasteiger partial charge in [0.1, 0.15) is 6.29 Å². The van der Waals surface area contributed by atoms with Crippen LogP contribution >= 0.6 is 0 Å². The predicted molar refractivity (Wildman–Crippen MR) is 78.4 cm³/mol. The fourth-order valence-electron chi connectivity index (χ4n) is 2.87. The quantitative estimate of drug-likeness (QED) is 0.757. The number of carbonyl (C=O) groups excluding carboxylic acids is 1. The summed E-state index contributed by atoms with van der Waals surface area (Å²) < 4.78 is 0. The molecule has 0 spiro atoms. The molecule has 0 saturated carbocycles. The van der Waals surface area contributed by atoms with E-state index >= 15 is 0 Å². The van der Waals surface area contributed by atoms with Crippen LogP contribution in [0, 0.1) is 0 Å². The number of hydrogen-bond donors (Lipinski definition) is 0. The third-order valence-corrected chi connectivity index (χ3v) is 3.79. The number of hydrogen-bond acceptors (Lipinski definition) is 2. The lowest BCUT2D eigenvalue weighted by molar-refractivity contribution is 0.112. The molecule has 3 rings (SSSR count). The van der Waals surface area contributed by atoms with E-state index in [-0.39, 0.29) is 0 Å². The van der Waals surface area contributed by atoms with E-state index in [9.17, 15) is 4.79 Å². The Morgan fingerprint density at radius 1 is 1.05 bits per heavy atom. The van der Waals surface area contributed by atoms with Crippen LogP contribution in [0.25, 0.3) is 0 Å². The summed E-state index contributed by atoms with van der Waals surface area (Å²) in [5.74, 6) is 0. The Kier molecular flexibility index (Phi) is 3.08. The van der Waals surface area contributed by atoms with Crippen molar-refractivity contribution in [1.82, 2.24) is 0 Å². The molecule has 0 unspecified atom stereocenters. The molecule has 0 fully saturated rings. The van der Waals surface area contributed by atoms with Crippen LogP contribution in [-0.2, 0) is 12.8 Å². The molecule has 2 aromatic carbocycles. The summed E-state index contributed by atoms with van der Waals surface area (Å²) in [6.45, 7) is 3.10. The van der Waals surface area contributed by atoms with Crippen molar-refractivity contribution in [2.45, 2.75) is 19.8 Å². The summed E-state index contributed by atoms with van der Waals surface area (Å²) in [7, 11) is 0. The van der Waals surface area contributed by atoms with Gasteiger partial charge in [-0.05, 0) is 55.2 Å². The first-order chi connectivity index (χ1) is 9.33. The number of anilines is 2. The van der Waals surface area contributed by atoms with Crippen molar-refractivity contribution in [2.75, 3.05) is 11.4 Å². The monoisotopic (exact) mass is 251 g/mol. The fourth-order valence-corrected chi connectivity index (χ4v) is 2.87. The number of carbonyl (C=O) groups is 1. The third-order valence-electron chi connectivity index (χ3n) is 3.79. The van der Waals surface area contributed by atoms with Crippen LogP contribution in [0.5, 0.6) is 0 Å². The summed E-state index contributed by atoms with van der Waals surface area (Å²) in [6.07, 6.45) is 2.95. The molecule has 19 heavy (non-hydrogen) atoms. The highest BCUT2D eigenvalue weighted by atomic mass is 16.1. The van der Waals surface area contributed by atoms with Gasteiger partial charge in [-0.3, -0.25) is 4.79 Å². The van der Waals surface area contributed by atoms with Crippen molar-refractivity contribution >= 4 is 17.7 Å². The van der Waals surface area contributed by atoms with Crippen LogP contribution in [0.3, 0.4) is 0 Å². The van der Waals surface area contributed by atoms with Crippen molar-refractivity contribution in [3.05, 3.63) is 59.2 Å². The molecule has 0 atom stereocenters. The van der Waals surface area contributed by atoms with Crippen molar-refractivity contribution in [3.63, 3.8) is 0 Å². The van der Waals surface area contributed by atoms with E-state index in [4.69, 9.17) is 0 Å². The second-order valence-electron chi connectivity index (χ2n) is 4.88. The molecule has 0 amide bonds. The van der Waals surface area contributed by atoms with Gasteiger partial charge < -0.3 is 4.90 Å². The smallest absolute Gasteiger partial charge is 0.150 e. The van der Waals surface area contributed by atoms with Gasteiger partial charge in [0.2, 0.25) is 0 Å². The maximum Gasteiger partial charge on any atom is 0.150 e. The Morgan fingerprint density at radius 3 is 2.58 bits per heavy atom. The molecule has 0 saturated heterocycles. The number of fused-ring (bicyclic) bond motifs is 2. The molecule has 1 heterocycles. The Balaban J connectivity index is 2.16. The average Bonchev–Trinajstić information content (AvgIpc) is 2.63. The zero-order chi connectivity index (χ0) is 13.2. The molecule has 1 aliphatic rings. The van der Waals surface area contributed by atoms with Crippen LogP contribution in [0.1, 0.15) is 28.4 Å². The van der Waals surface area contributed by atoms with E-state index in [0.29, 0.717) is 0 Å². The molecule has 2 aromatic rings. The van der Waals surface area contributed by atoms with E-state index in [1.807, 2.05) is 12.1 Å². The molecular formula is C17H17NO. The lowest BCUT2D eigenvalue weighted by atomic mass is 10.0. The molecule has 0 N–H and O–H groups in total. The summed E-state index contributed by atoms with van der Waals surface area (Å²) >= 11 is 0. The maximum absolute atomic E-state index is 10.9. The molecule has 96 valence electrons. The topological polar surface area (TPSA) is 20.3 Å². The normalized spacial score (nSPS) is 13.4. The van der Waals surface area contributed by atoms with Crippen LogP contribution in [0.4, 0.5) is 11.4 Å². The highest BCUT2D eigenvalue weighted by Crippen LogP contribution is 2.35. The van der Waals surface area contributed by atoms with Crippen molar-refractivity contribution in [3.8, 4) is 0 Å². The number of para-hydroxylation sites is 1. The zero-order valence-electron chi connectivity index (χ0n) is 11.1. The lowest BCUT2D eigenvalue weighted by Gasteiger charge is -2.25. The van der Waals surface area contributed by atoms with Crippen molar-refractivity contribution in [2.24, 2.45) is 0 Å². The van der Waals surface area contributed by atoms with E-state index in [1.165, 1.54) is 22.5 Å².